The molecule has 0 aromatic carbocycles. The number of hydrogen-bond donors (Lipinski definition) is 0. The summed E-state index contributed by atoms with van der Waals surface area (Å²) >= 11 is 0. The predicted molar refractivity (Wildman–Crippen MR) is 75.7 cm³/mol. The number of methoxy groups -OCH3 is 2. The molecule has 0 spiro atoms. The van der Waals surface area contributed by atoms with Crippen molar-refractivity contribution < 1.29 is 82.2 Å². The molecule has 131 valence electrons. The van der Waals surface area contributed by atoms with Gasteiger partial charge in [-0.1, -0.05) is 6.10 Å². The summed E-state index contributed by atoms with van der Waals surface area (Å²) in [6.45, 7) is 3.49. The quantitative estimate of drug-likeness (QED) is 0.217. The molecule has 0 saturated carbocycles. The predicted octanol–water partition coefficient (Wildman–Crippen LogP) is 0.469. The van der Waals surface area contributed by atoms with Gasteiger partial charge in [0.15, 0.2) is 0 Å². The Morgan fingerprint density at radius 1 is 1.22 bits per heavy atom. The summed E-state index contributed by atoms with van der Waals surface area (Å²) in [6.07, 6.45) is 3.45. The Balaban J connectivity index is -0.000000336. The van der Waals surface area contributed by atoms with E-state index >= 15 is 0 Å². The molecule has 1 aliphatic rings. The van der Waals surface area contributed by atoms with Crippen molar-refractivity contribution in [2.75, 3.05) is 20.8 Å². The van der Waals surface area contributed by atoms with E-state index in [1.807, 2.05) is 6.42 Å². The molecular weight excluding hydrogens is 523 g/mol. The Kier molecular flexibility index (Phi) is 23.2. The van der Waals surface area contributed by atoms with Crippen molar-refractivity contribution in [2.24, 2.45) is 0 Å². The summed E-state index contributed by atoms with van der Waals surface area (Å²) in [6, 6.07) is 0. The minimum atomic E-state index is -0.296. The van der Waals surface area contributed by atoms with Gasteiger partial charge in [0.25, 0.3) is 6.47 Å². The molecular formula is C14H23AcO8-. The number of ether oxygens (including phenoxy) is 4. The first-order valence-electron chi connectivity index (χ1n) is 6.47. The van der Waals surface area contributed by atoms with Crippen molar-refractivity contribution in [3.05, 3.63) is 6.42 Å². The van der Waals surface area contributed by atoms with Crippen LogP contribution in [0.1, 0.15) is 26.7 Å². The fourth-order valence-electron chi connectivity index (χ4n) is 1.25. The molecule has 0 aromatic heterocycles. The van der Waals surface area contributed by atoms with Gasteiger partial charge in [-0.05, 0) is 0 Å². The molecule has 0 bridgehead atoms. The second kappa shape index (κ2) is 19.5. The Labute approximate surface area is 172 Å². The van der Waals surface area contributed by atoms with Crippen LogP contribution in [0.2, 0.25) is 0 Å². The van der Waals surface area contributed by atoms with Crippen LogP contribution in [0.3, 0.4) is 0 Å². The van der Waals surface area contributed by atoms with Crippen LogP contribution in [0.25, 0.3) is 0 Å². The first kappa shape index (κ1) is 27.3. The van der Waals surface area contributed by atoms with Crippen LogP contribution in [0, 0.1) is 50.5 Å². The number of carbonyl (C=O) groups is 4. The van der Waals surface area contributed by atoms with Crippen LogP contribution in [0.15, 0.2) is 0 Å². The van der Waals surface area contributed by atoms with Crippen LogP contribution in [-0.4, -0.2) is 57.7 Å². The van der Waals surface area contributed by atoms with E-state index in [1.165, 1.54) is 28.1 Å². The summed E-state index contributed by atoms with van der Waals surface area (Å²) in [5.74, 6) is -0.541. The molecule has 1 rings (SSSR count). The fraction of sp³-hybridized carbons (Fsp3) is 0.643. The third kappa shape index (κ3) is 21.5. The first-order valence-corrected chi connectivity index (χ1v) is 6.47. The standard InChI is InChI=1S/C9H13O4.C3H6O2.C2H4O2.Ac/c1-7(11)13-9-3-2-8(4-5-10)12-6-9;1-3(4)5-2;1-4-2-3;/h2,5,8-9H,3-4,6H2,1H3;1-2H3;2H,1H3;/q-1;;;/t8-,9?;;;/m0.../s1. The molecule has 1 saturated heterocycles. The molecule has 0 aromatic rings. The van der Waals surface area contributed by atoms with E-state index in [4.69, 9.17) is 14.3 Å². The van der Waals surface area contributed by atoms with E-state index in [-0.39, 0.29) is 68.2 Å². The topological polar surface area (TPSA) is 105 Å². The molecule has 1 unspecified atom stereocenters. The minimum Gasteiger partial charge on any atom is -0.471 e. The van der Waals surface area contributed by atoms with E-state index in [2.05, 4.69) is 9.47 Å². The van der Waals surface area contributed by atoms with Crippen molar-refractivity contribution in [1.29, 1.82) is 0 Å². The Bertz CT molecular complexity index is 327. The molecule has 0 amide bonds. The summed E-state index contributed by atoms with van der Waals surface area (Å²) < 4.78 is 18.2. The zero-order valence-corrected chi connectivity index (χ0v) is 18.6. The molecule has 0 N–H and O–H groups in total. The second-order valence-corrected chi connectivity index (χ2v) is 4.00. The van der Waals surface area contributed by atoms with Crippen molar-refractivity contribution in [3.63, 3.8) is 0 Å². The smallest absolute Gasteiger partial charge is 0.302 e. The Morgan fingerprint density at radius 3 is 2.00 bits per heavy atom. The summed E-state index contributed by atoms with van der Waals surface area (Å²) in [7, 11) is 2.66. The van der Waals surface area contributed by atoms with E-state index in [0.717, 1.165) is 6.29 Å². The largest absolute Gasteiger partial charge is 0.471 e. The van der Waals surface area contributed by atoms with E-state index in [1.54, 1.807) is 0 Å². The van der Waals surface area contributed by atoms with Crippen molar-refractivity contribution in [3.8, 4) is 0 Å². The molecule has 1 heterocycles. The number of esters is 2. The minimum absolute atomic E-state index is 0. The molecule has 1 aliphatic heterocycles. The normalized spacial score (nSPS) is 18.3. The van der Waals surface area contributed by atoms with E-state index in [9.17, 15) is 14.4 Å². The number of rotatable bonds is 4. The van der Waals surface area contributed by atoms with Crippen LogP contribution in [0.5, 0.6) is 0 Å². The molecule has 8 nitrogen and oxygen atoms in total. The zero-order chi connectivity index (χ0) is 17.4. The maximum absolute atomic E-state index is 10.6. The summed E-state index contributed by atoms with van der Waals surface area (Å²) in [5.41, 5.74) is 0. The average Bonchev–Trinajstić information content (AvgIpc) is 2.50. The summed E-state index contributed by atoms with van der Waals surface area (Å²) in [5, 5.41) is 0. The van der Waals surface area contributed by atoms with Crippen molar-refractivity contribution >= 4 is 24.7 Å². The third-order valence-corrected chi connectivity index (χ3v) is 2.20. The molecule has 9 heteroatoms. The average molecular weight is 546 g/mol. The van der Waals surface area contributed by atoms with Gasteiger partial charge in [0.2, 0.25) is 0 Å². The van der Waals surface area contributed by atoms with Gasteiger partial charge in [-0.15, -0.1) is 6.42 Å². The van der Waals surface area contributed by atoms with E-state index < -0.39 is 0 Å². The van der Waals surface area contributed by atoms with Gasteiger partial charge in [0, 0.05) is 64.3 Å². The van der Waals surface area contributed by atoms with Crippen LogP contribution in [0.4, 0.5) is 0 Å². The maximum Gasteiger partial charge on any atom is 0.302 e. The number of aldehydes is 1. The zero-order valence-electron chi connectivity index (χ0n) is 13.9. The molecule has 1 fully saturated rings. The van der Waals surface area contributed by atoms with Gasteiger partial charge in [0.05, 0.1) is 26.9 Å². The maximum atomic E-state index is 10.6. The second-order valence-electron chi connectivity index (χ2n) is 4.00. The molecule has 23 heavy (non-hydrogen) atoms. The third-order valence-electron chi connectivity index (χ3n) is 2.20. The summed E-state index contributed by atoms with van der Waals surface area (Å²) in [4.78, 5) is 39.3. The monoisotopic (exact) mass is 546 g/mol. The Morgan fingerprint density at radius 2 is 1.74 bits per heavy atom. The van der Waals surface area contributed by atoms with Crippen molar-refractivity contribution in [1.82, 2.24) is 0 Å². The van der Waals surface area contributed by atoms with Gasteiger partial charge < -0.3 is 23.7 Å². The van der Waals surface area contributed by atoms with Crippen LogP contribution < -0.4 is 0 Å². The van der Waals surface area contributed by atoms with Crippen molar-refractivity contribution in [2.45, 2.75) is 38.9 Å². The van der Waals surface area contributed by atoms with E-state index in [0.29, 0.717) is 25.9 Å². The molecule has 0 aliphatic carbocycles. The first-order chi connectivity index (χ1) is 10.4. The molecule has 2 atom stereocenters. The van der Waals surface area contributed by atoms with Gasteiger partial charge in [0.1, 0.15) is 6.29 Å². The number of carbonyl (C=O) groups excluding carboxylic acids is 4. The number of hydrogen-bond acceptors (Lipinski definition) is 8. The van der Waals surface area contributed by atoms with Gasteiger partial charge in [-0.2, -0.15) is 0 Å². The van der Waals surface area contributed by atoms with Gasteiger partial charge >= 0.3 is 11.9 Å². The van der Waals surface area contributed by atoms with Crippen LogP contribution in [-0.2, 0) is 38.1 Å². The fourth-order valence-corrected chi connectivity index (χ4v) is 1.25. The molecule has 1 radical (unpaired) electrons. The Hall–Kier alpha value is -0.518. The van der Waals surface area contributed by atoms with Gasteiger partial charge in [-0.3, -0.25) is 20.8 Å². The van der Waals surface area contributed by atoms with Crippen LogP contribution >= 0.6 is 0 Å². The SMILES string of the molecule is CC(=O)OC1C[CH-][C@@H](CC=O)OC1.COC(C)=O.COC=O.[Ac]. The van der Waals surface area contributed by atoms with Gasteiger partial charge in [-0.25, -0.2) is 0 Å².